The van der Waals surface area contributed by atoms with E-state index in [0.717, 1.165) is 29.3 Å². The maximum atomic E-state index is 6.02. The molecule has 1 saturated carbocycles. The van der Waals surface area contributed by atoms with Crippen LogP contribution in [0, 0.1) is 6.92 Å². The summed E-state index contributed by atoms with van der Waals surface area (Å²) in [5.41, 5.74) is 9.31. The molecular weight excluding hydrogens is 248 g/mol. The van der Waals surface area contributed by atoms with E-state index in [4.69, 9.17) is 5.73 Å². The average molecular weight is 268 g/mol. The molecule has 1 fully saturated rings. The van der Waals surface area contributed by atoms with Gasteiger partial charge in [-0.25, -0.2) is 9.97 Å². The maximum absolute atomic E-state index is 6.02. The second-order valence-corrected chi connectivity index (χ2v) is 5.35. The van der Waals surface area contributed by atoms with Crippen molar-refractivity contribution >= 4 is 17.3 Å². The normalized spacial score (nSPS) is 14.3. The average Bonchev–Trinajstić information content (AvgIpc) is 3.28. The van der Waals surface area contributed by atoms with E-state index in [1.165, 1.54) is 18.4 Å². The third-order valence-corrected chi connectivity index (χ3v) is 3.79. The molecule has 0 unspecified atom stereocenters. The van der Waals surface area contributed by atoms with Crippen LogP contribution in [0.3, 0.4) is 0 Å². The van der Waals surface area contributed by atoms with Crippen molar-refractivity contribution in [1.82, 2.24) is 9.97 Å². The largest absolute Gasteiger partial charge is 0.383 e. The quantitative estimate of drug-likeness (QED) is 0.890. The van der Waals surface area contributed by atoms with Crippen LogP contribution in [0.25, 0.3) is 0 Å². The minimum absolute atomic E-state index is 0.500. The number of nitrogen functional groups attached to an aromatic ring is 1. The molecular formula is C16H20N4. The highest BCUT2D eigenvalue weighted by Gasteiger charge is 2.28. The third kappa shape index (κ3) is 2.46. The van der Waals surface area contributed by atoms with Crippen LogP contribution in [0.15, 0.2) is 24.3 Å². The lowest BCUT2D eigenvalue weighted by Crippen LogP contribution is -2.07. The summed E-state index contributed by atoms with van der Waals surface area (Å²) in [5, 5.41) is 3.42. The van der Waals surface area contributed by atoms with E-state index in [9.17, 15) is 0 Å². The van der Waals surface area contributed by atoms with Gasteiger partial charge < -0.3 is 11.1 Å². The van der Waals surface area contributed by atoms with Gasteiger partial charge >= 0.3 is 0 Å². The highest BCUT2D eigenvalue weighted by atomic mass is 15.1. The van der Waals surface area contributed by atoms with Gasteiger partial charge in [0.1, 0.15) is 17.5 Å². The van der Waals surface area contributed by atoms with Crippen molar-refractivity contribution in [1.29, 1.82) is 0 Å². The van der Waals surface area contributed by atoms with E-state index in [1.807, 2.05) is 13.0 Å². The molecule has 0 bridgehead atoms. The van der Waals surface area contributed by atoms with Crippen molar-refractivity contribution in [3.8, 4) is 0 Å². The Balaban J connectivity index is 1.97. The number of rotatable bonds is 4. The summed E-state index contributed by atoms with van der Waals surface area (Å²) in [6.45, 7) is 4.11. The first-order valence-electron chi connectivity index (χ1n) is 7.18. The molecule has 0 atom stereocenters. The summed E-state index contributed by atoms with van der Waals surface area (Å²) in [6.07, 6.45) is 3.33. The molecule has 20 heavy (non-hydrogen) atoms. The summed E-state index contributed by atoms with van der Waals surface area (Å²) in [4.78, 5) is 9.07. The van der Waals surface area contributed by atoms with E-state index in [0.29, 0.717) is 11.7 Å². The number of para-hydroxylation sites is 1. The van der Waals surface area contributed by atoms with Gasteiger partial charge in [0.05, 0.1) is 0 Å². The molecule has 4 nitrogen and oxygen atoms in total. The molecule has 3 N–H and O–H groups in total. The Labute approximate surface area is 119 Å². The molecule has 4 heteroatoms. The van der Waals surface area contributed by atoms with Crippen LogP contribution >= 0.6 is 0 Å². The Kier molecular flexibility index (Phi) is 3.30. The number of anilines is 3. The van der Waals surface area contributed by atoms with Crippen LogP contribution < -0.4 is 11.1 Å². The zero-order chi connectivity index (χ0) is 14.1. The van der Waals surface area contributed by atoms with Crippen LogP contribution in [0.2, 0.25) is 0 Å². The van der Waals surface area contributed by atoms with Crippen molar-refractivity contribution in [3.05, 3.63) is 41.2 Å². The summed E-state index contributed by atoms with van der Waals surface area (Å²) >= 11 is 0. The number of aryl methyl sites for hydroxylation is 1. The van der Waals surface area contributed by atoms with Crippen molar-refractivity contribution in [2.45, 2.75) is 39.0 Å². The lowest BCUT2D eigenvalue weighted by atomic mass is 10.1. The first-order valence-corrected chi connectivity index (χ1v) is 7.18. The number of aromatic nitrogens is 2. The molecule has 104 valence electrons. The lowest BCUT2D eigenvalue weighted by Gasteiger charge is -2.14. The fraction of sp³-hybridized carbons (Fsp3) is 0.375. The molecule has 0 aliphatic heterocycles. The van der Waals surface area contributed by atoms with E-state index in [1.54, 1.807) is 0 Å². The molecule has 1 aliphatic rings. The number of nitrogens with one attached hydrogen (secondary N) is 1. The Morgan fingerprint density at radius 1 is 1.25 bits per heavy atom. The molecule has 3 rings (SSSR count). The molecule has 0 saturated heterocycles. The minimum atomic E-state index is 0.500. The number of hydrogen-bond donors (Lipinski definition) is 2. The highest BCUT2D eigenvalue weighted by Crippen LogP contribution is 2.39. The molecule has 0 spiro atoms. The molecule has 1 aromatic carbocycles. The lowest BCUT2D eigenvalue weighted by molar-refractivity contribution is 0.927. The van der Waals surface area contributed by atoms with Crippen LogP contribution in [0.4, 0.5) is 17.3 Å². The van der Waals surface area contributed by atoms with Crippen molar-refractivity contribution in [3.63, 3.8) is 0 Å². The van der Waals surface area contributed by atoms with Crippen LogP contribution in [-0.4, -0.2) is 9.97 Å². The van der Waals surface area contributed by atoms with E-state index in [2.05, 4.69) is 40.4 Å². The Bertz CT molecular complexity index is 632. The Morgan fingerprint density at radius 3 is 2.70 bits per heavy atom. The molecule has 0 amide bonds. The van der Waals surface area contributed by atoms with Gasteiger partial charge in [0.2, 0.25) is 0 Å². The Morgan fingerprint density at radius 2 is 2.00 bits per heavy atom. The summed E-state index contributed by atoms with van der Waals surface area (Å²) in [6, 6.07) is 8.29. The van der Waals surface area contributed by atoms with Crippen LogP contribution in [0.1, 0.15) is 42.6 Å². The molecule has 1 heterocycles. The SMILES string of the molecule is CCc1ccccc1Nc1nc(C2CC2)nc(N)c1C. The number of benzene rings is 1. The highest BCUT2D eigenvalue weighted by molar-refractivity contribution is 5.66. The van der Waals surface area contributed by atoms with E-state index < -0.39 is 0 Å². The van der Waals surface area contributed by atoms with Gasteiger partial charge in [-0.15, -0.1) is 0 Å². The first kappa shape index (κ1) is 12.9. The zero-order valence-electron chi connectivity index (χ0n) is 12.0. The summed E-state index contributed by atoms with van der Waals surface area (Å²) < 4.78 is 0. The van der Waals surface area contributed by atoms with Gasteiger partial charge in [0.15, 0.2) is 0 Å². The Hall–Kier alpha value is -2.10. The number of hydrogen-bond acceptors (Lipinski definition) is 4. The van der Waals surface area contributed by atoms with Crippen LogP contribution in [0.5, 0.6) is 0 Å². The topological polar surface area (TPSA) is 63.8 Å². The van der Waals surface area contributed by atoms with Gasteiger partial charge in [-0.1, -0.05) is 25.1 Å². The van der Waals surface area contributed by atoms with Gasteiger partial charge in [-0.05, 0) is 37.8 Å². The molecule has 2 aromatic rings. The van der Waals surface area contributed by atoms with Crippen molar-refractivity contribution < 1.29 is 0 Å². The van der Waals surface area contributed by atoms with Crippen LogP contribution in [-0.2, 0) is 6.42 Å². The first-order chi connectivity index (χ1) is 9.69. The zero-order valence-corrected chi connectivity index (χ0v) is 12.0. The molecule has 1 aliphatic carbocycles. The summed E-state index contributed by atoms with van der Waals surface area (Å²) in [5.74, 6) is 2.79. The number of nitrogens with zero attached hydrogens (tertiary/aromatic N) is 2. The third-order valence-electron chi connectivity index (χ3n) is 3.79. The van der Waals surface area contributed by atoms with E-state index >= 15 is 0 Å². The summed E-state index contributed by atoms with van der Waals surface area (Å²) in [7, 11) is 0. The number of nitrogens with two attached hydrogens (primary N) is 1. The van der Waals surface area contributed by atoms with Gasteiger partial charge in [0, 0.05) is 17.2 Å². The fourth-order valence-corrected chi connectivity index (χ4v) is 2.28. The smallest absolute Gasteiger partial charge is 0.139 e. The van der Waals surface area contributed by atoms with Crippen molar-refractivity contribution in [2.24, 2.45) is 0 Å². The predicted molar refractivity (Wildman–Crippen MR) is 82.3 cm³/mol. The molecule has 1 aromatic heterocycles. The standard InChI is InChI=1S/C16H20N4/c1-3-11-6-4-5-7-13(11)18-15-10(2)14(17)19-16(20-15)12-8-9-12/h4-7,12H,3,8-9H2,1-2H3,(H3,17,18,19,20). The second-order valence-electron chi connectivity index (χ2n) is 5.35. The van der Waals surface area contributed by atoms with Gasteiger partial charge in [-0.3, -0.25) is 0 Å². The maximum Gasteiger partial charge on any atom is 0.139 e. The molecule has 0 radical (unpaired) electrons. The monoisotopic (exact) mass is 268 g/mol. The minimum Gasteiger partial charge on any atom is -0.383 e. The van der Waals surface area contributed by atoms with Gasteiger partial charge in [0.25, 0.3) is 0 Å². The van der Waals surface area contributed by atoms with Crippen molar-refractivity contribution in [2.75, 3.05) is 11.1 Å². The predicted octanol–water partition coefficient (Wildman–Crippen LogP) is 3.55. The van der Waals surface area contributed by atoms with E-state index in [-0.39, 0.29) is 0 Å². The van der Waals surface area contributed by atoms with Gasteiger partial charge in [-0.2, -0.15) is 0 Å². The fourth-order valence-electron chi connectivity index (χ4n) is 2.28. The second kappa shape index (κ2) is 5.12.